The van der Waals surface area contributed by atoms with Crippen LogP contribution in [-0.4, -0.2) is 30.4 Å². The van der Waals surface area contributed by atoms with Crippen molar-refractivity contribution in [3.63, 3.8) is 0 Å². The van der Waals surface area contributed by atoms with Crippen LogP contribution < -0.4 is 5.32 Å². The Hall–Kier alpha value is -1.06. The highest BCUT2D eigenvalue weighted by Gasteiger charge is 2.23. The molecule has 1 amide bonds. The van der Waals surface area contributed by atoms with E-state index < -0.39 is 0 Å². The molecule has 1 saturated heterocycles. The molecule has 0 bridgehead atoms. The molecule has 0 aliphatic carbocycles. The topological polar surface area (TPSA) is 32.3 Å². The molecule has 0 radical (unpaired) electrons. The van der Waals surface area contributed by atoms with E-state index in [1.165, 1.54) is 6.42 Å². The number of halogens is 1. The van der Waals surface area contributed by atoms with Crippen molar-refractivity contribution in [3.05, 3.63) is 28.8 Å². The zero-order valence-electron chi connectivity index (χ0n) is 12.4. The molecule has 20 heavy (non-hydrogen) atoms. The standard InChI is InChI=1S/C16H23ClN2O/c1-11-7-12(2)9-19(8-11)10-16(20)18-15-6-4-5-14(17)13(15)3/h4-6,11-12H,7-10H2,1-3H3,(H,18,20)/t11-,12+. The molecule has 4 heteroatoms. The van der Waals surface area contributed by atoms with E-state index in [0.29, 0.717) is 23.4 Å². The number of hydrogen-bond donors (Lipinski definition) is 1. The predicted octanol–water partition coefficient (Wildman–Crippen LogP) is 3.56. The number of carbonyl (C=O) groups excluding carboxylic acids is 1. The van der Waals surface area contributed by atoms with Gasteiger partial charge in [-0.1, -0.05) is 31.5 Å². The van der Waals surface area contributed by atoms with Crippen LogP contribution in [0.2, 0.25) is 5.02 Å². The maximum absolute atomic E-state index is 12.2. The van der Waals surface area contributed by atoms with Crippen LogP contribution >= 0.6 is 11.6 Å². The van der Waals surface area contributed by atoms with Crippen molar-refractivity contribution in [2.24, 2.45) is 11.8 Å². The van der Waals surface area contributed by atoms with E-state index in [2.05, 4.69) is 24.1 Å². The van der Waals surface area contributed by atoms with Gasteiger partial charge in [0.25, 0.3) is 0 Å². The van der Waals surface area contributed by atoms with Gasteiger partial charge < -0.3 is 5.32 Å². The summed E-state index contributed by atoms with van der Waals surface area (Å²) in [7, 11) is 0. The third kappa shape index (κ3) is 3.97. The number of anilines is 1. The van der Waals surface area contributed by atoms with Crippen LogP contribution in [0.5, 0.6) is 0 Å². The van der Waals surface area contributed by atoms with Crippen LogP contribution in [0.25, 0.3) is 0 Å². The second-order valence-corrected chi connectivity index (χ2v) is 6.51. The molecule has 1 aromatic carbocycles. The fraction of sp³-hybridized carbons (Fsp3) is 0.562. The number of hydrogen-bond acceptors (Lipinski definition) is 2. The van der Waals surface area contributed by atoms with Crippen molar-refractivity contribution >= 4 is 23.2 Å². The Morgan fingerprint density at radius 3 is 2.65 bits per heavy atom. The lowest BCUT2D eigenvalue weighted by atomic mass is 9.92. The highest BCUT2D eigenvalue weighted by molar-refractivity contribution is 6.31. The lowest BCUT2D eigenvalue weighted by Gasteiger charge is -2.34. The molecule has 2 atom stereocenters. The zero-order valence-corrected chi connectivity index (χ0v) is 13.2. The summed E-state index contributed by atoms with van der Waals surface area (Å²) in [6.07, 6.45) is 1.26. The highest BCUT2D eigenvalue weighted by atomic mass is 35.5. The second-order valence-electron chi connectivity index (χ2n) is 6.10. The van der Waals surface area contributed by atoms with E-state index >= 15 is 0 Å². The van der Waals surface area contributed by atoms with E-state index in [4.69, 9.17) is 11.6 Å². The third-order valence-corrected chi connectivity index (χ3v) is 4.26. The molecule has 1 aliphatic heterocycles. The van der Waals surface area contributed by atoms with Crippen LogP contribution in [0.3, 0.4) is 0 Å². The number of nitrogens with zero attached hydrogens (tertiary/aromatic N) is 1. The lowest BCUT2D eigenvalue weighted by Crippen LogP contribution is -2.42. The van der Waals surface area contributed by atoms with Crippen molar-refractivity contribution in [1.29, 1.82) is 0 Å². The molecule has 2 rings (SSSR count). The first-order valence-electron chi connectivity index (χ1n) is 7.23. The highest BCUT2D eigenvalue weighted by Crippen LogP contribution is 2.23. The molecule has 1 N–H and O–H groups in total. The van der Waals surface area contributed by atoms with Crippen molar-refractivity contribution < 1.29 is 4.79 Å². The number of benzene rings is 1. The smallest absolute Gasteiger partial charge is 0.238 e. The summed E-state index contributed by atoms with van der Waals surface area (Å²) >= 11 is 6.07. The van der Waals surface area contributed by atoms with Gasteiger partial charge in [-0.3, -0.25) is 9.69 Å². The van der Waals surface area contributed by atoms with Gasteiger partial charge in [-0.25, -0.2) is 0 Å². The molecule has 110 valence electrons. The number of rotatable bonds is 3. The van der Waals surface area contributed by atoms with Crippen molar-refractivity contribution in [2.75, 3.05) is 25.0 Å². The normalized spacial score (nSPS) is 23.6. The molecular weight excluding hydrogens is 272 g/mol. The number of piperidine rings is 1. The Balaban J connectivity index is 1.94. The van der Waals surface area contributed by atoms with Gasteiger partial charge in [-0.15, -0.1) is 0 Å². The van der Waals surface area contributed by atoms with Crippen LogP contribution in [0.1, 0.15) is 25.8 Å². The fourth-order valence-electron chi connectivity index (χ4n) is 3.06. The monoisotopic (exact) mass is 294 g/mol. The Kier molecular flexibility index (Phi) is 5.06. The summed E-state index contributed by atoms with van der Waals surface area (Å²) in [5.41, 5.74) is 1.73. The Labute approximate surface area is 126 Å². The summed E-state index contributed by atoms with van der Waals surface area (Å²) in [5.74, 6) is 1.37. The Morgan fingerprint density at radius 1 is 1.35 bits per heavy atom. The minimum atomic E-state index is 0.0386. The van der Waals surface area contributed by atoms with Crippen LogP contribution in [0, 0.1) is 18.8 Å². The molecule has 1 aromatic rings. The van der Waals surface area contributed by atoms with Crippen molar-refractivity contribution in [3.8, 4) is 0 Å². The SMILES string of the molecule is Cc1c(Cl)cccc1NC(=O)CN1C[C@H](C)C[C@H](C)C1. The van der Waals surface area contributed by atoms with Crippen molar-refractivity contribution in [1.82, 2.24) is 4.90 Å². The zero-order chi connectivity index (χ0) is 14.7. The summed E-state index contributed by atoms with van der Waals surface area (Å²) in [6, 6.07) is 5.58. The average Bonchev–Trinajstić information content (AvgIpc) is 2.33. The molecule has 0 spiro atoms. The fourth-order valence-corrected chi connectivity index (χ4v) is 3.23. The minimum absolute atomic E-state index is 0.0386. The molecule has 0 saturated carbocycles. The first-order chi connectivity index (χ1) is 9.45. The van der Waals surface area contributed by atoms with E-state index in [-0.39, 0.29) is 5.91 Å². The van der Waals surface area contributed by atoms with E-state index in [9.17, 15) is 4.79 Å². The largest absolute Gasteiger partial charge is 0.325 e. The summed E-state index contributed by atoms with van der Waals surface area (Å²) in [4.78, 5) is 14.4. The molecule has 1 fully saturated rings. The molecule has 1 heterocycles. The minimum Gasteiger partial charge on any atom is -0.325 e. The Morgan fingerprint density at radius 2 is 2.00 bits per heavy atom. The first kappa shape index (κ1) is 15.3. The number of nitrogens with one attached hydrogen (secondary N) is 1. The van der Waals surface area contributed by atoms with Crippen LogP contribution in [0.15, 0.2) is 18.2 Å². The van der Waals surface area contributed by atoms with Gasteiger partial charge in [0.1, 0.15) is 0 Å². The van der Waals surface area contributed by atoms with Gasteiger partial charge >= 0.3 is 0 Å². The lowest BCUT2D eigenvalue weighted by molar-refractivity contribution is -0.117. The van der Waals surface area contributed by atoms with Crippen molar-refractivity contribution in [2.45, 2.75) is 27.2 Å². The van der Waals surface area contributed by atoms with Gasteiger partial charge in [-0.2, -0.15) is 0 Å². The van der Waals surface area contributed by atoms with Crippen LogP contribution in [0.4, 0.5) is 5.69 Å². The number of carbonyl (C=O) groups is 1. The van der Waals surface area contributed by atoms with E-state index in [1.54, 1.807) is 0 Å². The summed E-state index contributed by atoms with van der Waals surface area (Å²) in [6.45, 7) is 8.89. The summed E-state index contributed by atoms with van der Waals surface area (Å²) < 4.78 is 0. The first-order valence-corrected chi connectivity index (χ1v) is 7.61. The summed E-state index contributed by atoms with van der Waals surface area (Å²) in [5, 5.41) is 3.65. The number of likely N-dealkylation sites (tertiary alicyclic amines) is 1. The van der Waals surface area contributed by atoms with Gasteiger partial charge in [0.15, 0.2) is 0 Å². The van der Waals surface area contributed by atoms with Gasteiger partial charge in [0, 0.05) is 23.8 Å². The maximum Gasteiger partial charge on any atom is 0.238 e. The molecule has 3 nitrogen and oxygen atoms in total. The molecular formula is C16H23ClN2O. The molecule has 0 aromatic heterocycles. The molecule has 0 unspecified atom stereocenters. The predicted molar refractivity (Wildman–Crippen MR) is 84.2 cm³/mol. The van der Waals surface area contributed by atoms with Gasteiger partial charge in [0.2, 0.25) is 5.91 Å². The van der Waals surface area contributed by atoms with E-state index in [1.807, 2.05) is 25.1 Å². The quantitative estimate of drug-likeness (QED) is 0.924. The van der Waals surface area contributed by atoms with Gasteiger partial charge in [-0.05, 0) is 42.9 Å². The maximum atomic E-state index is 12.2. The third-order valence-electron chi connectivity index (χ3n) is 3.85. The second kappa shape index (κ2) is 6.59. The van der Waals surface area contributed by atoms with Crippen LogP contribution in [-0.2, 0) is 4.79 Å². The van der Waals surface area contributed by atoms with E-state index in [0.717, 1.165) is 24.3 Å². The molecule has 1 aliphatic rings. The number of amides is 1. The Bertz CT molecular complexity index is 479. The average molecular weight is 295 g/mol. The van der Waals surface area contributed by atoms with Gasteiger partial charge in [0.05, 0.1) is 6.54 Å².